The number of halogens is 1. The molecule has 2 saturated heterocycles. The molecule has 5 atom stereocenters. The Morgan fingerprint density at radius 2 is 2.00 bits per heavy atom. The van der Waals surface area contributed by atoms with Gasteiger partial charge >= 0.3 is 0 Å². The normalized spacial score (nSPS) is 28.2. The minimum absolute atomic E-state index is 0.190. The van der Waals surface area contributed by atoms with Gasteiger partial charge in [0.2, 0.25) is 0 Å². The molecule has 10 nitrogen and oxygen atoms in total. The van der Waals surface area contributed by atoms with Gasteiger partial charge in [0.25, 0.3) is 5.95 Å². The fraction of sp³-hybridized carbons (Fsp3) is 0.429. The summed E-state index contributed by atoms with van der Waals surface area (Å²) in [5.74, 6) is 0.202. The predicted octanol–water partition coefficient (Wildman–Crippen LogP) is 2.12. The van der Waals surface area contributed by atoms with Crippen molar-refractivity contribution in [1.29, 1.82) is 0 Å². The van der Waals surface area contributed by atoms with Gasteiger partial charge in [0.05, 0.1) is 31.9 Å². The molecule has 2 aromatic heterocycles. The van der Waals surface area contributed by atoms with Gasteiger partial charge < -0.3 is 28.8 Å². The minimum atomic E-state index is -0.872. The van der Waals surface area contributed by atoms with Crippen LogP contribution in [0.1, 0.15) is 17.9 Å². The van der Waals surface area contributed by atoms with Gasteiger partial charge in [0.15, 0.2) is 17.1 Å². The quantitative estimate of drug-likeness (QED) is 0.360. The summed E-state index contributed by atoms with van der Waals surface area (Å²) in [6.07, 6.45) is 0.779. The number of aromatic nitrogens is 4. The second-order valence-electron chi connectivity index (χ2n) is 7.95. The number of imidazole rings is 1. The average Bonchev–Trinajstić information content (AvgIpc) is 3.23. The van der Waals surface area contributed by atoms with Gasteiger partial charge in [-0.15, -0.1) is 0 Å². The number of aliphatic hydroxyl groups is 1. The van der Waals surface area contributed by atoms with Gasteiger partial charge in [-0.05, 0) is 0 Å². The molecule has 168 valence electrons. The highest BCUT2D eigenvalue weighted by atomic mass is 35.5. The maximum atomic E-state index is 11.3. The zero-order valence-corrected chi connectivity index (χ0v) is 18.3. The molecule has 0 spiro atoms. The third-order valence-corrected chi connectivity index (χ3v) is 5.73. The number of aliphatic hydroxyl groups excluding tert-OH is 1. The first-order chi connectivity index (χ1) is 15.5. The Balaban J connectivity index is 1.44. The molecule has 0 aliphatic carbocycles. The van der Waals surface area contributed by atoms with Crippen molar-refractivity contribution in [3.8, 4) is 0 Å². The van der Waals surface area contributed by atoms with Gasteiger partial charge in [-0.25, -0.2) is 9.98 Å². The SMILES string of the molecule is CN(C)C=Nc1nc(Cl)c2ncn(C3COC4COC(c5ccccc5)OC4C3O)c2n1. The summed E-state index contributed by atoms with van der Waals surface area (Å²) in [7, 11) is 3.69. The van der Waals surface area contributed by atoms with Crippen molar-refractivity contribution in [2.45, 2.75) is 30.6 Å². The number of rotatable bonds is 4. The summed E-state index contributed by atoms with van der Waals surface area (Å²) in [4.78, 5) is 19.0. The second-order valence-corrected chi connectivity index (χ2v) is 8.31. The number of benzene rings is 1. The molecule has 3 aromatic rings. The van der Waals surface area contributed by atoms with Crippen molar-refractivity contribution < 1.29 is 19.3 Å². The molecule has 4 heterocycles. The Hall–Kier alpha value is -2.63. The molecule has 11 heteroatoms. The lowest BCUT2D eigenvalue weighted by Gasteiger charge is -2.45. The molecule has 0 radical (unpaired) electrons. The average molecular weight is 459 g/mol. The predicted molar refractivity (Wildman–Crippen MR) is 117 cm³/mol. The molecule has 0 amide bonds. The first kappa shape index (κ1) is 21.2. The molecule has 0 saturated carbocycles. The fourth-order valence-corrected chi connectivity index (χ4v) is 4.11. The summed E-state index contributed by atoms with van der Waals surface area (Å²) >= 11 is 6.31. The van der Waals surface area contributed by atoms with E-state index in [1.165, 1.54) is 0 Å². The van der Waals surface area contributed by atoms with E-state index in [1.54, 1.807) is 22.1 Å². The van der Waals surface area contributed by atoms with E-state index >= 15 is 0 Å². The number of aliphatic imine (C=N–C) groups is 1. The van der Waals surface area contributed by atoms with Crippen LogP contribution in [0.15, 0.2) is 41.7 Å². The highest BCUT2D eigenvalue weighted by Gasteiger charge is 2.46. The van der Waals surface area contributed by atoms with Crippen molar-refractivity contribution in [2.75, 3.05) is 27.3 Å². The lowest BCUT2D eigenvalue weighted by Crippen LogP contribution is -2.56. The molecule has 1 aromatic carbocycles. The van der Waals surface area contributed by atoms with Crippen LogP contribution in [0.25, 0.3) is 11.2 Å². The molecule has 5 rings (SSSR count). The van der Waals surface area contributed by atoms with Crippen LogP contribution in [-0.4, -0.2) is 81.5 Å². The standard InChI is InChI=1S/C21H23ClN6O4/c1-27(2)10-24-21-25-18(22)15-19(26-21)28(11-23-15)13-8-30-14-9-31-20(32-17(14)16(13)29)12-6-4-3-5-7-12/h3-7,10-11,13-14,16-17,20,29H,8-9H2,1-2H3. The number of ether oxygens (including phenoxy) is 3. The maximum Gasteiger partial charge on any atom is 0.254 e. The second kappa shape index (κ2) is 8.72. The van der Waals surface area contributed by atoms with Crippen LogP contribution in [0.3, 0.4) is 0 Å². The Kier molecular flexibility index (Phi) is 5.78. The van der Waals surface area contributed by atoms with Crippen LogP contribution < -0.4 is 0 Å². The zero-order chi connectivity index (χ0) is 22.2. The molecular weight excluding hydrogens is 436 g/mol. The Morgan fingerprint density at radius 3 is 2.78 bits per heavy atom. The molecule has 0 bridgehead atoms. The summed E-state index contributed by atoms with van der Waals surface area (Å²) in [6.45, 7) is 0.574. The van der Waals surface area contributed by atoms with Gasteiger partial charge in [0.1, 0.15) is 23.8 Å². The summed E-state index contributed by atoms with van der Waals surface area (Å²) in [5.41, 5.74) is 1.78. The topological polar surface area (TPSA) is 107 Å². The van der Waals surface area contributed by atoms with Crippen LogP contribution in [0.4, 0.5) is 5.95 Å². The summed E-state index contributed by atoms with van der Waals surface area (Å²) < 4.78 is 19.7. The first-order valence-electron chi connectivity index (χ1n) is 10.2. The van der Waals surface area contributed by atoms with Crippen molar-refractivity contribution in [3.63, 3.8) is 0 Å². The van der Waals surface area contributed by atoms with Gasteiger partial charge in [-0.3, -0.25) is 0 Å². The molecule has 1 N–H and O–H groups in total. The highest BCUT2D eigenvalue weighted by Crippen LogP contribution is 2.36. The van der Waals surface area contributed by atoms with Gasteiger partial charge in [-0.1, -0.05) is 41.9 Å². The van der Waals surface area contributed by atoms with E-state index in [4.69, 9.17) is 25.8 Å². The molecule has 2 aliphatic rings. The first-order valence-corrected chi connectivity index (χ1v) is 10.6. The third-order valence-electron chi connectivity index (χ3n) is 5.47. The minimum Gasteiger partial charge on any atom is -0.388 e. The van der Waals surface area contributed by atoms with Crippen molar-refractivity contribution >= 4 is 35.1 Å². The molecular formula is C21H23ClN6O4. The maximum absolute atomic E-state index is 11.3. The summed E-state index contributed by atoms with van der Waals surface area (Å²) in [6, 6.07) is 9.14. The lowest BCUT2D eigenvalue weighted by molar-refractivity contribution is -0.306. The van der Waals surface area contributed by atoms with Crippen LogP contribution in [0.2, 0.25) is 5.15 Å². The van der Waals surface area contributed by atoms with E-state index < -0.39 is 24.5 Å². The van der Waals surface area contributed by atoms with Crippen molar-refractivity contribution in [2.24, 2.45) is 4.99 Å². The Labute approximate surface area is 189 Å². The number of fused-ring (bicyclic) bond motifs is 2. The molecule has 5 unspecified atom stereocenters. The number of nitrogens with zero attached hydrogens (tertiary/aromatic N) is 6. The van der Waals surface area contributed by atoms with E-state index in [1.807, 2.05) is 44.4 Å². The van der Waals surface area contributed by atoms with Crippen LogP contribution in [0, 0.1) is 0 Å². The van der Waals surface area contributed by atoms with Crippen LogP contribution in [0.5, 0.6) is 0 Å². The molecule has 2 fully saturated rings. The van der Waals surface area contributed by atoms with Crippen LogP contribution >= 0.6 is 11.6 Å². The molecule has 32 heavy (non-hydrogen) atoms. The third kappa shape index (κ3) is 3.96. The Morgan fingerprint density at radius 1 is 1.19 bits per heavy atom. The fourth-order valence-electron chi connectivity index (χ4n) is 3.90. The van der Waals surface area contributed by atoms with E-state index in [9.17, 15) is 5.11 Å². The van der Waals surface area contributed by atoms with E-state index in [0.717, 1.165) is 5.56 Å². The smallest absolute Gasteiger partial charge is 0.254 e. The lowest BCUT2D eigenvalue weighted by atomic mass is 9.97. The van der Waals surface area contributed by atoms with Crippen molar-refractivity contribution in [1.82, 2.24) is 24.4 Å². The number of hydrogen-bond donors (Lipinski definition) is 1. The van der Waals surface area contributed by atoms with Gasteiger partial charge in [-0.2, -0.15) is 9.97 Å². The largest absolute Gasteiger partial charge is 0.388 e. The van der Waals surface area contributed by atoms with E-state index in [-0.39, 0.29) is 23.8 Å². The van der Waals surface area contributed by atoms with Crippen LogP contribution in [-0.2, 0) is 14.2 Å². The number of hydrogen-bond acceptors (Lipinski definition) is 8. The Bertz CT molecular complexity index is 1120. The van der Waals surface area contributed by atoms with E-state index in [0.29, 0.717) is 17.8 Å². The highest BCUT2D eigenvalue weighted by molar-refractivity contribution is 6.33. The summed E-state index contributed by atoms with van der Waals surface area (Å²) in [5, 5.41) is 11.4. The van der Waals surface area contributed by atoms with Gasteiger partial charge in [0, 0.05) is 19.7 Å². The van der Waals surface area contributed by atoms with Crippen molar-refractivity contribution in [3.05, 3.63) is 47.4 Å². The molecule has 2 aliphatic heterocycles. The van der Waals surface area contributed by atoms with E-state index in [2.05, 4.69) is 19.9 Å². The monoisotopic (exact) mass is 458 g/mol. The zero-order valence-electron chi connectivity index (χ0n) is 17.6.